The zero-order chi connectivity index (χ0) is 10.2. The lowest BCUT2D eigenvalue weighted by atomic mass is 10.2. The molecule has 0 aliphatic heterocycles. The topological polar surface area (TPSA) is 75.1 Å². The van der Waals surface area contributed by atoms with Crippen LogP contribution in [0, 0.1) is 0 Å². The largest absolute Gasteiger partial charge is 0.481 e. The monoisotopic (exact) mass is 195 g/mol. The Kier molecular flexibility index (Phi) is 4.40. The number of hydrogen-bond acceptors (Lipinski definition) is 4. The Balaban J connectivity index is 2.08. The highest BCUT2D eigenvalue weighted by atomic mass is 16.4. The molecule has 2 N–H and O–H groups in total. The third-order valence-corrected chi connectivity index (χ3v) is 1.71. The van der Waals surface area contributed by atoms with Gasteiger partial charge in [-0.3, -0.25) is 4.79 Å². The maximum atomic E-state index is 10.2. The molecule has 76 valence electrons. The average molecular weight is 195 g/mol. The molecule has 0 spiro atoms. The molecule has 0 fully saturated rings. The predicted molar refractivity (Wildman–Crippen MR) is 52.0 cm³/mol. The van der Waals surface area contributed by atoms with Gasteiger partial charge >= 0.3 is 5.97 Å². The molecule has 0 saturated carbocycles. The molecule has 14 heavy (non-hydrogen) atoms. The zero-order valence-corrected chi connectivity index (χ0v) is 7.81. The van der Waals surface area contributed by atoms with Crippen molar-refractivity contribution in [2.75, 3.05) is 11.9 Å². The third-order valence-electron chi connectivity index (χ3n) is 1.71. The molecule has 0 amide bonds. The third kappa shape index (κ3) is 4.39. The second-order valence-electron chi connectivity index (χ2n) is 2.87. The van der Waals surface area contributed by atoms with Crippen LogP contribution in [0.1, 0.15) is 19.3 Å². The van der Waals surface area contributed by atoms with Crippen LogP contribution in [0.5, 0.6) is 0 Å². The van der Waals surface area contributed by atoms with Crippen molar-refractivity contribution in [3.8, 4) is 0 Å². The van der Waals surface area contributed by atoms with E-state index in [4.69, 9.17) is 5.11 Å². The fourth-order valence-corrected chi connectivity index (χ4v) is 1.01. The van der Waals surface area contributed by atoms with Crippen LogP contribution < -0.4 is 5.32 Å². The number of nitrogens with zero attached hydrogens (tertiary/aromatic N) is 2. The van der Waals surface area contributed by atoms with Crippen LogP contribution in [0.15, 0.2) is 18.6 Å². The molecule has 1 rings (SSSR count). The van der Waals surface area contributed by atoms with Crippen molar-refractivity contribution in [3.05, 3.63) is 18.6 Å². The number of carboxylic acid groups (broad SMARTS) is 1. The van der Waals surface area contributed by atoms with E-state index < -0.39 is 5.97 Å². The molecule has 0 unspecified atom stereocenters. The fourth-order valence-electron chi connectivity index (χ4n) is 1.01. The van der Waals surface area contributed by atoms with Gasteiger partial charge in [0, 0.05) is 19.2 Å². The molecular formula is C9H13N3O2. The van der Waals surface area contributed by atoms with Crippen molar-refractivity contribution >= 4 is 11.8 Å². The second kappa shape index (κ2) is 5.90. The Bertz CT molecular complexity index is 277. The van der Waals surface area contributed by atoms with Gasteiger partial charge in [-0.2, -0.15) is 0 Å². The molecule has 0 bridgehead atoms. The standard InChI is InChI=1S/C9H13N3O2/c13-9(14)3-1-2-5-11-8-4-6-10-7-12-8/h4,6-7H,1-3,5H2,(H,13,14)(H,10,11,12). The average Bonchev–Trinajstić information content (AvgIpc) is 2.18. The molecule has 1 aromatic rings. The van der Waals surface area contributed by atoms with Gasteiger partial charge < -0.3 is 10.4 Å². The van der Waals surface area contributed by atoms with E-state index in [-0.39, 0.29) is 6.42 Å². The summed E-state index contributed by atoms with van der Waals surface area (Å²) in [5.74, 6) is 0.0300. The summed E-state index contributed by atoms with van der Waals surface area (Å²) in [6, 6.07) is 1.77. The SMILES string of the molecule is O=C(O)CCCCNc1ccncn1. The van der Waals surface area contributed by atoms with Crippen LogP contribution in [0.2, 0.25) is 0 Å². The molecule has 0 saturated heterocycles. The molecule has 1 heterocycles. The number of carbonyl (C=O) groups is 1. The molecule has 0 radical (unpaired) electrons. The van der Waals surface area contributed by atoms with Gasteiger partial charge in [-0.15, -0.1) is 0 Å². The van der Waals surface area contributed by atoms with Gasteiger partial charge in [0.1, 0.15) is 12.1 Å². The first kappa shape index (κ1) is 10.4. The van der Waals surface area contributed by atoms with Crippen LogP contribution in [0.25, 0.3) is 0 Å². The van der Waals surface area contributed by atoms with Gasteiger partial charge in [0.2, 0.25) is 0 Å². The fraction of sp³-hybridized carbons (Fsp3) is 0.444. The Labute approximate surface area is 82.2 Å². The van der Waals surface area contributed by atoms with E-state index in [0.717, 1.165) is 18.8 Å². The van der Waals surface area contributed by atoms with E-state index in [0.29, 0.717) is 6.42 Å². The maximum Gasteiger partial charge on any atom is 0.303 e. The second-order valence-corrected chi connectivity index (χ2v) is 2.87. The minimum atomic E-state index is -0.743. The minimum Gasteiger partial charge on any atom is -0.481 e. The first-order valence-electron chi connectivity index (χ1n) is 4.51. The number of carboxylic acids is 1. The number of anilines is 1. The highest BCUT2D eigenvalue weighted by molar-refractivity contribution is 5.66. The Morgan fingerprint density at radius 1 is 1.50 bits per heavy atom. The van der Waals surface area contributed by atoms with Crippen molar-refractivity contribution < 1.29 is 9.90 Å². The Morgan fingerprint density at radius 3 is 3.00 bits per heavy atom. The van der Waals surface area contributed by atoms with Crippen LogP contribution in [0.3, 0.4) is 0 Å². The van der Waals surface area contributed by atoms with E-state index in [1.54, 1.807) is 12.3 Å². The number of hydrogen-bond donors (Lipinski definition) is 2. The molecule has 0 aliphatic carbocycles. The van der Waals surface area contributed by atoms with Gasteiger partial charge in [0.05, 0.1) is 0 Å². The van der Waals surface area contributed by atoms with E-state index in [9.17, 15) is 4.79 Å². The normalized spacial score (nSPS) is 9.71. The summed E-state index contributed by atoms with van der Waals surface area (Å²) in [4.78, 5) is 17.9. The molecule has 1 aromatic heterocycles. The highest BCUT2D eigenvalue weighted by Gasteiger charge is 1.96. The predicted octanol–water partition coefficient (Wildman–Crippen LogP) is 1.14. The molecule has 5 heteroatoms. The Morgan fingerprint density at radius 2 is 2.36 bits per heavy atom. The molecule has 0 atom stereocenters. The van der Waals surface area contributed by atoms with Gasteiger partial charge in [-0.1, -0.05) is 0 Å². The smallest absolute Gasteiger partial charge is 0.303 e. The number of nitrogens with one attached hydrogen (secondary N) is 1. The summed E-state index contributed by atoms with van der Waals surface area (Å²) in [6.07, 6.45) is 4.88. The number of unbranched alkanes of at least 4 members (excludes halogenated alkanes) is 1. The van der Waals surface area contributed by atoms with Crippen LogP contribution >= 0.6 is 0 Å². The summed E-state index contributed by atoms with van der Waals surface area (Å²) >= 11 is 0. The highest BCUT2D eigenvalue weighted by Crippen LogP contribution is 2.00. The van der Waals surface area contributed by atoms with E-state index in [1.165, 1.54) is 6.33 Å². The Hall–Kier alpha value is -1.65. The van der Waals surface area contributed by atoms with E-state index in [2.05, 4.69) is 15.3 Å². The summed E-state index contributed by atoms with van der Waals surface area (Å²) < 4.78 is 0. The maximum absolute atomic E-state index is 10.2. The van der Waals surface area contributed by atoms with Gasteiger partial charge in [0.25, 0.3) is 0 Å². The van der Waals surface area contributed by atoms with Crippen molar-refractivity contribution in [1.82, 2.24) is 9.97 Å². The first-order chi connectivity index (χ1) is 6.79. The summed E-state index contributed by atoms with van der Waals surface area (Å²) in [7, 11) is 0. The van der Waals surface area contributed by atoms with Gasteiger partial charge in [-0.05, 0) is 18.9 Å². The van der Waals surface area contributed by atoms with Crippen LogP contribution in [-0.2, 0) is 4.79 Å². The van der Waals surface area contributed by atoms with E-state index >= 15 is 0 Å². The summed E-state index contributed by atoms with van der Waals surface area (Å²) in [6.45, 7) is 0.740. The summed E-state index contributed by atoms with van der Waals surface area (Å²) in [5.41, 5.74) is 0. The number of aliphatic carboxylic acids is 1. The molecule has 5 nitrogen and oxygen atoms in total. The van der Waals surface area contributed by atoms with Crippen molar-refractivity contribution in [3.63, 3.8) is 0 Å². The van der Waals surface area contributed by atoms with Crippen molar-refractivity contribution in [1.29, 1.82) is 0 Å². The zero-order valence-electron chi connectivity index (χ0n) is 7.81. The number of aromatic nitrogens is 2. The van der Waals surface area contributed by atoms with Crippen molar-refractivity contribution in [2.24, 2.45) is 0 Å². The lowest BCUT2D eigenvalue weighted by Gasteiger charge is -2.03. The van der Waals surface area contributed by atoms with Gasteiger partial charge in [-0.25, -0.2) is 9.97 Å². The van der Waals surface area contributed by atoms with Crippen molar-refractivity contribution in [2.45, 2.75) is 19.3 Å². The number of rotatable bonds is 6. The quantitative estimate of drug-likeness (QED) is 0.666. The first-order valence-corrected chi connectivity index (χ1v) is 4.51. The van der Waals surface area contributed by atoms with Crippen LogP contribution in [0.4, 0.5) is 5.82 Å². The van der Waals surface area contributed by atoms with E-state index in [1.807, 2.05) is 0 Å². The molecule has 0 aliphatic rings. The van der Waals surface area contributed by atoms with Gasteiger partial charge in [0.15, 0.2) is 0 Å². The lowest BCUT2D eigenvalue weighted by Crippen LogP contribution is -2.04. The van der Waals surface area contributed by atoms with Crippen LogP contribution in [-0.4, -0.2) is 27.6 Å². The summed E-state index contributed by atoms with van der Waals surface area (Å²) in [5, 5.41) is 11.5. The molecular weight excluding hydrogens is 182 g/mol. The molecule has 0 aromatic carbocycles. The lowest BCUT2D eigenvalue weighted by molar-refractivity contribution is -0.137. The minimum absolute atomic E-state index is 0.228.